The third-order valence-electron chi connectivity index (χ3n) is 4.06. The van der Waals surface area contributed by atoms with Crippen molar-refractivity contribution >= 4 is 10.8 Å². The summed E-state index contributed by atoms with van der Waals surface area (Å²) in [6.07, 6.45) is 6.30. The zero-order chi connectivity index (χ0) is 13.2. The van der Waals surface area contributed by atoms with Gasteiger partial charge in [-0.2, -0.15) is 0 Å². The highest BCUT2D eigenvalue weighted by atomic mass is 16.5. The van der Waals surface area contributed by atoms with Crippen LogP contribution in [0.1, 0.15) is 24.0 Å². The molecule has 2 heterocycles. The van der Waals surface area contributed by atoms with Crippen molar-refractivity contribution in [3.8, 4) is 5.75 Å². The molecule has 3 nitrogen and oxygen atoms in total. The summed E-state index contributed by atoms with van der Waals surface area (Å²) in [5.74, 6) is 1.03. The number of hydrogen-bond donors (Lipinski definition) is 1. The van der Waals surface area contributed by atoms with Crippen molar-refractivity contribution in [2.24, 2.45) is 0 Å². The molecule has 1 aromatic carbocycles. The molecule has 1 saturated heterocycles. The number of nitrogens with zero attached hydrogens (tertiary/aromatic N) is 1. The van der Waals surface area contributed by atoms with Gasteiger partial charge in [0.15, 0.2) is 0 Å². The molecule has 1 aliphatic heterocycles. The Bertz CT molecular complexity index is 589. The molecule has 0 saturated carbocycles. The Hall–Kier alpha value is -1.61. The Morgan fingerprint density at radius 2 is 2.00 bits per heavy atom. The summed E-state index contributed by atoms with van der Waals surface area (Å²) in [6, 6.07) is 4.21. The van der Waals surface area contributed by atoms with Crippen molar-refractivity contribution < 1.29 is 4.74 Å². The van der Waals surface area contributed by atoms with Crippen LogP contribution in [-0.2, 0) is 0 Å². The van der Waals surface area contributed by atoms with E-state index in [2.05, 4.69) is 36.3 Å². The number of aromatic nitrogens is 1. The van der Waals surface area contributed by atoms with Gasteiger partial charge in [-0.25, -0.2) is 0 Å². The maximum absolute atomic E-state index is 6.21. The van der Waals surface area contributed by atoms with Gasteiger partial charge in [-0.1, -0.05) is 0 Å². The lowest BCUT2D eigenvalue weighted by atomic mass is 10.0. The molecule has 1 aliphatic rings. The summed E-state index contributed by atoms with van der Waals surface area (Å²) >= 11 is 0. The average Bonchev–Trinajstić information content (AvgIpc) is 2.46. The van der Waals surface area contributed by atoms with E-state index in [1.54, 1.807) is 0 Å². The highest BCUT2D eigenvalue weighted by Gasteiger charge is 2.16. The average molecular weight is 256 g/mol. The molecule has 0 aliphatic carbocycles. The maximum atomic E-state index is 6.21. The van der Waals surface area contributed by atoms with Crippen molar-refractivity contribution in [3.05, 3.63) is 35.7 Å². The van der Waals surface area contributed by atoms with E-state index in [1.165, 1.54) is 21.9 Å². The second kappa shape index (κ2) is 5.17. The van der Waals surface area contributed by atoms with E-state index in [1.807, 2.05) is 12.4 Å². The number of ether oxygens (including phenoxy) is 1. The van der Waals surface area contributed by atoms with Crippen LogP contribution in [0.15, 0.2) is 24.5 Å². The van der Waals surface area contributed by atoms with Crippen LogP contribution < -0.4 is 10.1 Å². The lowest BCUT2D eigenvalue weighted by Gasteiger charge is -2.25. The molecular weight excluding hydrogens is 236 g/mol. The number of aryl methyl sites for hydroxylation is 1. The van der Waals surface area contributed by atoms with Gasteiger partial charge in [0, 0.05) is 17.8 Å². The number of pyridine rings is 1. The monoisotopic (exact) mass is 256 g/mol. The molecule has 0 amide bonds. The van der Waals surface area contributed by atoms with Crippen LogP contribution in [0.25, 0.3) is 10.8 Å². The Morgan fingerprint density at radius 3 is 2.79 bits per heavy atom. The SMILES string of the molecule is Cc1c(OC2CCNCC2)cc2ccncc2c1C. The third kappa shape index (κ3) is 2.43. The molecule has 100 valence electrons. The molecule has 1 aromatic heterocycles. The minimum absolute atomic E-state index is 0.346. The number of benzene rings is 1. The lowest BCUT2D eigenvalue weighted by molar-refractivity contribution is 0.161. The molecule has 0 spiro atoms. The number of rotatable bonds is 2. The zero-order valence-electron chi connectivity index (χ0n) is 11.6. The Labute approximate surface area is 114 Å². The molecule has 19 heavy (non-hydrogen) atoms. The highest BCUT2D eigenvalue weighted by molar-refractivity contribution is 5.87. The van der Waals surface area contributed by atoms with Crippen molar-refractivity contribution in [2.45, 2.75) is 32.8 Å². The summed E-state index contributed by atoms with van der Waals surface area (Å²) in [5, 5.41) is 5.80. The Kier molecular flexibility index (Phi) is 3.38. The maximum Gasteiger partial charge on any atom is 0.123 e. The van der Waals surface area contributed by atoms with Crippen molar-refractivity contribution in [1.29, 1.82) is 0 Å². The van der Waals surface area contributed by atoms with E-state index in [0.717, 1.165) is 31.7 Å². The Balaban J connectivity index is 1.96. The number of hydrogen-bond acceptors (Lipinski definition) is 3. The molecular formula is C16H20N2O. The lowest BCUT2D eigenvalue weighted by Crippen LogP contribution is -2.34. The normalized spacial score (nSPS) is 16.7. The largest absolute Gasteiger partial charge is 0.490 e. The summed E-state index contributed by atoms with van der Waals surface area (Å²) < 4.78 is 6.21. The van der Waals surface area contributed by atoms with E-state index < -0.39 is 0 Å². The van der Waals surface area contributed by atoms with Crippen LogP contribution in [0.3, 0.4) is 0 Å². The van der Waals surface area contributed by atoms with Gasteiger partial charge in [-0.15, -0.1) is 0 Å². The number of fused-ring (bicyclic) bond motifs is 1. The van der Waals surface area contributed by atoms with Crippen molar-refractivity contribution in [1.82, 2.24) is 10.3 Å². The minimum Gasteiger partial charge on any atom is -0.490 e. The smallest absolute Gasteiger partial charge is 0.123 e. The van der Waals surface area contributed by atoms with Gasteiger partial charge in [-0.05, 0) is 68.4 Å². The van der Waals surface area contributed by atoms with Gasteiger partial charge in [0.05, 0.1) is 0 Å². The quantitative estimate of drug-likeness (QED) is 0.897. The molecule has 1 fully saturated rings. The molecule has 3 heteroatoms. The molecule has 0 atom stereocenters. The molecule has 1 N–H and O–H groups in total. The van der Waals surface area contributed by atoms with Crippen LogP contribution >= 0.6 is 0 Å². The topological polar surface area (TPSA) is 34.1 Å². The van der Waals surface area contributed by atoms with E-state index in [-0.39, 0.29) is 0 Å². The summed E-state index contributed by atoms with van der Waals surface area (Å²) in [7, 11) is 0. The fourth-order valence-electron chi connectivity index (χ4n) is 2.70. The molecule has 2 aromatic rings. The van der Waals surface area contributed by atoms with Gasteiger partial charge >= 0.3 is 0 Å². The zero-order valence-corrected chi connectivity index (χ0v) is 11.6. The van der Waals surface area contributed by atoms with Crippen LogP contribution in [0.5, 0.6) is 5.75 Å². The van der Waals surface area contributed by atoms with Gasteiger partial charge < -0.3 is 10.1 Å². The highest BCUT2D eigenvalue weighted by Crippen LogP contribution is 2.30. The number of nitrogens with one attached hydrogen (secondary N) is 1. The second-order valence-corrected chi connectivity index (χ2v) is 5.29. The van der Waals surface area contributed by atoms with E-state index in [9.17, 15) is 0 Å². The van der Waals surface area contributed by atoms with Crippen LogP contribution in [0.2, 0.25) is 0 Å². The predicted molar refractivity (Wildman–Crippen MR) is 77.7 cm³/mol. The van der Waals surface area contributed by atoms with Gasteiger partial charge in [0.1, 0.15) is 11.9 Å². The fourth-order valence-corrected chi connectivity index (χ4v) is 2.70. The van der Waals surface area contributed by atoms with Crippen molar-refractivity contribution in [3.63, 3.8) is 0 Å². The molecule has 3 rings (SSSR count). The summed E-state index contributed by atoms with van der Waals surface area (Å²) in [4.78, 5) is 4.21. The number of piperidine rings is 1. The van der Waals surface area contributed by atoms with Crippen molar-refractivity contribution in [2.75, 3.05) is 13.1 Å². The van der Waals surface area contributed by atoms with Gasteiger partial charge in [0.25, 0.3) is 0 Å². The van der Waals surface area contributed by atoms with Gasteiger partial charge in [0.2, 0.25) is 0 Å². The first kappa shape index (κ1) is 12.4. The fraction of sp³-hybridized carbons (Fsp3) is 0.438. The molecule has 0 bridgehead atoms. The van der Waals surface area contributed by atoms with E-state index in [4.69, 9.17) is 4.74 Å². The first-order valence-electron chi connectivity index (χ1n) is 6.97. The van der Waals surface area contributed by atoms with E-state index in [0.29, 0.717) is 6.10 Å². The molecule has 0 unspecified atom stereocenters. The van der Waals surface area contributed by atoms with Crippen LogP contribution in [0, 0.1) is 13.8 Å². The summed E-state index contributed by atoms with van der Waals surface area (Å²) in [6.45, 7) is 6.40. The first-order chi connectivity index (χ1) is 9.25. The third-order valence-corrected chi connectivity index (χ3v) is 4.06. The van der Waals surface area contributed by atoms with E-state index >= 15 is 0 Å². The first-order valence-corrected chi connectivity index (χ1v) is 6.97. The predicted octanol–water partition coefficient (Wildman–Crippen LogP) is 2.98. The van der Waals surface area contributed by atoms with Crippen LogP contribution in [-0.4, -0.2) is 24.2 Å². The minimum atomic E-state index is 0.346. The standard InChI is InChI=1S/C16H20N2O/c1-11-12(2)16(19-14-4-7-17-8-5-14)9-13-3-6-18-10-15(11)13/h3,6,9-10,14,17H,4-5,7-8H2,1-2H3. The van der Waals surface area contributed by atoms with Crippen LogP contribution in [0.4, 0.5) is 0 Å². The van der Waals surface area contributed by atoms with Gasteiger partial charge in [-0.3, -0.25) is 4.98 Å². The Morgan fingerprint density at radius 1 is 1.21 bits per heavy atom. The summed E-state index contributed by atoms with van der Waals surface area (Å²) in [5.41, 5.74) is 2.51. The molecule has 0 radical (unpaired) electrons. The second-order valence-electron chi connectivity index (χ2n) is 5.29.